The zero-order valence-corrected chi connectivity index (χ0v) is 10.6. The summed E-state index contributed by atoms with van der Waals surface area (Å²) in [6.07, 6.45) is 1.37. The van der Waals surface area contributed by atoms with Crippen LogP contribution < -0.4 is 0 Å². The quantitative estimate of drug-likeness (QED) is 0.695. The molecule has 84 valence electrons. The Morgan fingerprint density at radius 2 is 2.29 bits per heavy atom. The van der Waals surface area contributed by atoms with Gasteiger partial charge in [-0.1, -0.05) is 6.92 Å². The third-order valence-corrected chi connectivity index (χ3v) is 3.62. The summed E-state index contributed by atoms with van der Waals surface area (Å²) in [5, 5.41) is 0. The Hall–Kier alpha value is 0.270. The third-order valence-electron chi connectivity index (χ3n) is 2.99. The lowest BCUT2D eigenvalue weighted by atomic mass is 10.1. The average molecular weight is 216 g/mol. The van der Waals surface area contributed by atoms with Crippen molar-refractivity contribution in [3.63, 3.8) is 0 Å². The van der Waals surface area contributed by atoms with E-state index >= 15 is 0 Å². The second-order valence-electron chi connectivity index (χ2n) is 4.93. The van der Waals surface area contributed by atoms with Crippen LogP contribution in [0.5, 0.6) is 0 Å². The van der Waals surface area contributed by atoms with Crippen LogP contribution in [-0.4, -0.2) is 55.8 Å². The van der Waals surface area contributed by atoms with E-state index in [0.717, 1.165) is 11.7 Å². The summed E-state index contributed by atoms with van der Waals surface area (Å²) in [5.41, 5.74) is 0. The summed E-state index contributed by atoms with van der Waals surface area (Å²) in [5.74, 6) is 2.59. The minimum atomic E-state index is 0.711. The van der Waals surface area contributed by atoms with Crippen molar-refractivity contribution < 1.29 is 0 Å². The van der Waals surface area contributed by atoms with E-state index in [4.69, 9.17) is 0 Å². The molecule has 1 aliphatic heterocycles. The number of nitrogens with zero attached hydrogens (tertiary/aromatic N) is 2. The van der Waals surface area contributed by atoms with Crippen LogP contribution in [0.25, 0.3) is 0 Å². The summed E-state index contributed by atoms with van der Waals surface area (Å²) < 4.78 is 0. The molecule has 14 heavy (non-hydrogen) atoms. The summed E-state index contributed by atoms with van der Waals surface area (Å²) in [6, 6.07) is 0. The van der Waals surface area contributed by atoms with Crippen molar-refractivity contribution in [2.24, 2.45) is 11.8 Å². The van der Waals surface area contributed by atoms with Gasteiger partial charge in [-0.2, -0.15) is 12.6 Å². The maximum atomic E-state index is 4.32. The van der Waals surface area contributed by atoms with Gasteiger partial charge in [-0.25, -0.2) is 0 Å². The van der Waals surface area contributed by atoms with Crippen molar-refractivity contribution in [1.82, 2.24) is 9.80 Å². The highest BCUT2D eigenvalue weighted by Crippen LogP contribution is 2.15. The molecule has 0 radical (unpaired) electrons. The molecule has 0 aromatic rings. The van der Waals surface area contributed by atoms with Gasteiger partial charge in [0.15, 0.2) is 0 Å². The molecule has 2 nitrogen and oxygen atoms in total. The Bertz CT molecular complexity index is 163. The molecule has 2 unspecified atom stereocenters. The SMILES string of the molecule is CC(CS)CN(C)CC1CCN(C)C1. The minimum Gasteiger partial charge on any atom is -0.306 e. The predicted octanol–water partition coefficient (Wildman–Crippen LogP) is 1.44. The number of likely N-dealkylation sites (tertiary alicyclic amines) is 1. The molecule has 0 N–H and O–H groups in total. The zero-order valence-electron chi connectivity index (χ0n) is 9.74. The smallest absolute Gasteiger partial charge is 0.00194 e. The molecule has 1 rings (SSSR count). The fourth-order valence-corrected chi connectivity index (χ4v) is 2.40. The first-order valence-electron chi connectivity index (χ1n) is 5.59. The fourth-order valence-electron chi connectivity index (χ4n) is 2.28. The predicted molar refractivity (Wildman–Crippen MR) is 66.1 cm³/mol. The van der Waals surface area contributed by atoms with Crippen LogP contribution in [0, 0.1) is 11.8 Å². The Labute approximate surface area is 94.1 Å². The number of hydrogen-bond donors (Lipinski definition) is 1. The number of hydrogen-bond acceptors (Lipinski definition) is 3. The molecule has 0 spiro atoms. The van der Waals surface area contributed by atoms with E-state index in [2.05, 4.69) is 43.4 Å². The number of thiol groups is 1. The van der Waals surface area contributed by atoms with Crippen LogP contribution in [0.1, 0.15) is 13.3 Å². The molecular formula is C11H24N2S. The van der Waals surface area contributed by atoms with Crippen LogP contribution in [0.3, 0.4) is 0 Å². The van der Waals surface area contributed by atoms with Crippen LogP contribution in [0.4, 0.5) is 0 Å². The Morgan fingerprint density at radius 3 is 2.79 bits per heavy atom. The Morgan fingerprint density at radius 1 is 1.57 bits per heavy atom. The zero-order chi connectivity index (χ0) is 10.6. The lowest BCUT2D eigenvalue weighted by Gasteiger charge is -2.23. The Balaban J connectivity index is 2.16. The molecule has 0 amide bonds. The second kappa shape index (κ2) is 5.99. The maximum Gasteiger partial charge on any atom is 0.00194 e. The lowest BCUT2D eigenvalue weighted by Crippen LogP contribution is -2.31. The largest absolute Gasteiger partial charge is 0.306 e. The second-order valence-corrected chi connectivity index (χ2v) is 5.29. The highest BCUT2D eigenvalue weighted by molar-refractivity contribution is 7.80. The van der Waals surface area contributed by atoms with Crippen molar-refractivity contribution in [3.8, 4) is 0 Å². The van der Waals surface area contributed by atoms with Gasteiger partial charge in [-0.05, 0) is 44.6 Å². The molecule has 2 atom stereocenters. The maximum absolute atomic E-state index is 4.32. The van der Waals surface area contributed by atoms with Crippen LogP contribution in [-0.2, 0) is 0 Å². The van der Waals surface area contributed by atoms with E-state index in [9.17, 15) is 0 Å². The van der Waals surface area contributed by atoms with Crippen LogP contribution in [0.2, 0.25) is 0 Å². The van der Waals surface area contributed by atoms with Crippen molar-refractivity contribution >= 4 is 12.6 Å². The van der Waals surface area contributed by atoms with E-state index < -0.39 is 0 Å². The van der Waals surface area contributed by atoms with Crippen molar-refractivity contribution in [3.05, 3.63) is 0 Å². The molecule has 0 saturated carbocycles. The Kier molecular flexibility index (Phi) is 5.28. The molecule has 1 aliphatic rings. The third kappa shape index (κ3) is 4.20. The molecular weight excluding hydrogens is 192 g/mol. The van der Waals surface area contributed by atoms with Crippen LogP contribution in [0.15, 0.2) is 0 Å². The normalized spacial score (nSPS) is 25.9. The summed E-state index contributed by atoms with van der Waals surface area (Å²) in [7, 11) is 4.45. The van der Waals surface area contributed by atoms with E-state index in [-0.39, 0.29) is 0 Å². The summed E-state index contributed by atoms with van der Waals surface area (Å²) in [6.45, 7) is 7.26. The highest BCUT2D eigenvalue weighted by atomic mass is 32.1. The standard InChI is InChI=1S/C11H24N2S/c1-10(9-14)6-13(3)8-11-4-5-12(2)7-11/h10-11,14H,4-9H2,1-3H3. The van der Waals surface area contributed by atoms with E-state index in [1.54, 1.807) is 0 Å². The van der Waals surface area contributed by atoms with Gasteiger partial charge < -0.3 is 9.80 Å². The first kappa shape index (κ1) is 12.3. The lowest BCUT2D eigenvalue weighted by molar-refractivity contribution is 0.251. The van der Waals surface area contributed by atoms with Gasteiger partial charge in [-0.3, -0.25) is 0 Å². The molecule has 1 saturated heterocycles. The van der Waals surface area contributed by atoms with Crippen molar-refractivity contribution in [1.29, 1.82) is 0 Å². The minimum absolute atomic E-state index is 0.711. The van der Waals surface area contributed by atoms with Gasteiger partial charge in [-0.15, -0.1) is 0 Å². The fraction of sp³-hybridized carbons (Fsp3) is 1.00. The monoisotopic (exact) mass is 216 g/mol. The average Bonchev–Trinajstić information content (AvgIpc) is 2.50. The summed E-state index contributed by atoms with van der Waals surface area (Å²) >= 11 is 4.32. The molecule has 0 aliphatic carbocycles. The first-order valence-corrected chi connectivity index (χ1v) is 6.23. The van der Waals surface area contributed by atoms with E-state index in [0.29, 0.717) is 5.92 Å². The summed E-state index contributed by atoms with van der Waals surface area (Å²) in [4.78, 5) is 4.89. The molecule has 0 aromatic carbocycles. The van der Waals surface area contributed by atoms with Gasteiger partial charge in [0.05, 0.1) is 0 Å². The highest BCUT2D eigenvalue weighted by Gasteiger charge is 2.20. The van der Waals surface area contributed by atoms with E-state index in [1.165, 1.54) is 32.6 Å². The van der Waals surface area contributed by atoms with Gasteiger partial charge >= 0.3 is 0 Å². The number of rotatable bonds is 5. The molecule has 3 heteroatoms. The van der Waals surface area contributed by atoms with E-state index in [1.807, 2.05) is 0 Å². The van der Waals surface area contributed by atoms with Crippen molar-refractivity contribution in [2.45, 2.75) is 13.3 Å². The first-order chi connectivity index (χ1) is 6.61. The van der Waals surface area contributed by atoms with Crippen molar-refractivity contribution in [2.75, 3.05) is 46.0 Å². The molecule has 1 heterocycles. The van der Waals surface area contributed by atoms with Gasteiger partial charge in [0, 0.05) is 19.6 Å². The topological polar surface area (TPSA) is 6.48 Å². The molecule has 1 fully saturated rings. The molecule has 0 bridgehead atoms. The van der Waals surface area contributed by atoms with Crippen LogP contribution >= 0.6 is 12.6 Å². The van der Waals surface area contributed by atoms with Gasteiger partial charge in [0.2, 0.25) is 0 Å². The van der Waals surface area contributed by atoms with Gasteiger partial charge in [0.25, 0.3) is 0 Å². The van der Waals surface area contributed by atoms with Gasteiger partial charge in [0.1, 0.15) is 0 Å². The molecule has 0 aromatic heterocycles.